The molecule has 0 aliphatic carbocycles. The Balaban J connectivity index is 1.64. The number of nitrogens with zero attached hydrogens (tertiary/aromatic N) is 2. The highest BCUT2D eigenvalue weighted by Crippen LogP contribution is 2.32. The van der Waals surface area contributed by atoms with Gasteiger partial charge in [0.05, 0.1) is 10.7 Å². The molecule has 5 nitrogen and oxygen atoms in total. The molecule has 4 aromatic rings. The van der Waals surface area contributed by atoms with Gasteiger partial charge in [0.1, 0.15) is 17.3 Å². The van der Waals surface area contributed by atoms with E-state index in [0.717, 1.165) is 11.3 Å². The number of halogens is 2. The van der Waals surface area contributed by atoms with Crippen molar-refractivity contribution in [1.82, 2.24) is 14.8 Å². The van der Waals surface area contributed by atoms with Crippen molar-refractivity contribution in [2.24, 2.45) is 0 Å². The standard InChI is InChI=1S/C21H15Cl2N3O2/c22-15-5-4-8-17(13-15)28-19-11-14(9-10-18(19)23)12-20-24-25-21(27)26(20)16-6-2-1-3-7-16/h1-11,13H,12H2,(H,25,27). The van der Waals surface area contributed by atoms with Crippen molar-refractivity contribution in [3.8, 4) is 17.2 Å². The van der Waals surface area contributed by atoms with Crippen LogP contribution in [0.3, 0.4) is 0 Å². The van der Waals surface area contributed by atoms with Crippen LogP contribution < -0.4 is 10.4 Å². The van der Waals surface area contributed by atoms with E-state index in [4.69, 9.17) is 27.9 Å². The van der Waals surface area contributed by atoms with Gasteiger partial charge >= 0.3 is 5.69 Å². The van der Waals surface area contributed by atoms with E-state index < -0.39 is 0 Å². The molecule has 1 heterocycles. The minimum Gasteiger partial charge on any atom is -0.456 e. The molecule has 1 N–H and O–H groups in total. The molecule has 0 bridgehead atoms. The van der Waals surface area contributed by atoms with Crippen LogP contribution in [0.5, 0.6) is 11.5 Å². The fourth-order valence-electron chi connectivity index (χ4n) is 2.87. The van der Waals surface area contributed by atoms with Crippen LogP contribution in [0.2, 0.25) is 10.0 Å². The van der Waals surface area contributed by atoms with Crippen LogP contribution in [0.15, 0.2) is 77.6 Å². The van der Waals surface area contributed by atoms with Crippen molar-refractivity contribution in [3.63, 3.8) is 0 Å². The highest BCUT2D eigenvalue weighted by atomic mass is 35.5. The van der Waals surface area contributed by atoms with Crippen molar-refractivity contribution in [2.45, 2.75) is 6.42 Å². The molecule has 140 valence electrons. The van der Waals surface area contributed by atoms with Gasteiger partial charge in [-0.25, -0.2) is 14.5 Å². The number of nitrogens with one attached hydrogen (secondary N) is 1. The third-order valence-corrected chi connectivity index (χ3v) is 4.69. The number of aromatic nitrogens is 3. The van der Waals surface area contributed by atoms with E-state index >= 15 is 0 Å². The van der Waals surface area contributed by atoms with Crippen molar-refractivity contribution in [3.05, 3.63) is 105 Å². The zero-order valence-electron chi connectivity index (χ0n) is 14.6. The van der Waals surface area contributed by atoms with Crippen LogP contribution in [0, 0.1) is 0 Å². The number of hydrogen-bond donors (Lipinski definition) is 1. The van der Waals surface area contributed by atoms with E-state index in [2.05, 4.69) is 10.2 Å². The number of benzene rings is 3. The first kappa shape index (κ1) is 18.3. The molecular weight excluding hydrogens is 397 g/mol. The van der Waals surface area contributed by atoms with Gasteiger partial charge < -0.3 is 4.74 Å². The van der Waals surface area contributed by atoms with Gasteiger partial charge in [-0.1, -0.05) is 53.5 Å². The van der Waals surface area contributed by atoms with Crippen LogP contribution in [-0.4, -0.2) is 14.8 Å². The first-order chi connectivity index (χ1) is 13.6. The largest absolute Gasteiger partial charge is 0.456 e. The topological polar surface area (TPSA) is 59.9 Å². The summed E-state index contributed by atoms with van der Waals surface area (Å²) in [5.41, 5.74) is 1.36. The Morgan fingerprint density at radius 2 is 1.79 bits per heavy atom. The number of hydrogen-bond acceptors (Lipinski definition) is 3. The fraction of sp³-hybridized carbons (Fsp3) is 0.0476. The molecule has 0 spiro atoms. The minimum atomic E-state index is -0.287. The molecule has 1 aromatic heterocycles. The van der Waals surface area contributed by atoms with Crippen LogP contribution in [-0.2, 0) is 6.42 Å². The van der Waals surface area contributed by atoms with Crippen molar-refractivity contribution in [1.29, 1.82) is 0 Å². The SMILES string of the molecule is O=c1[nH]nc(Cc2ccc(Cl)c(Oc3cccc(Cl)c3)c2)n1-c1ccccc1. The monoisotopic (exact) mass is 411 g/mol. The third-order valence-electron chi connectivity index (χ3n) is 4.14. The van der Waals surface area contributed by atoms with Gasteiger partial charge in [-0.2, -0.15) is 5.10 Å². The van der Waals surface area contributed by atoms with Gasteiger partial charge in [-0.15, -0.1) is 0 Å². The van der Waals surface area contributed by atoms with Gasteiger partial charge in [0.2, 0.25) is 0 Å². The zero-order chi connectivity index (χ0) is 19.5. The Morgan fingerprint density at radius 1 is 0.964 bits per heavy atom. The summed E-state index contributed by atoms with van der Waals surface area (Å²) in [6.07, 6.45) is 0.427. The smallest absolute Gasteiger partial charge is 0.347 e. The maximum absolute atomic E-state index is 12.2. The fourth-order valence-corrected chi connectivity index (χ4v) is 3.20. The quantitative estimate of drug-likeness (QED) is 0.487. The average molecular weight is 412 g/mol. The van der Waals surface area contributed by atoms with Gasteiger partial charge in [0, 0.05) is 11.4 Å². The lowest BCUT2D eigenvalue weighted by molar-refractivity contribution is 0.482. The molecule has 0 fully saturated rings. The summed E-state index contributed by atoms with van der Waals surface area (Å²) in [7, 11) is 0. The zero-order valence-corrected chi connectivity index (χ0v) is 16.1. The Bertz CT molecular complexity index is 1170. The van der Waals surface area contributed by atoms with Crippen molar-refractivity contribution in [2.75, 3.05) is 0 Å². The van der Waals surface area contributed by atoms with E-state index in [-0.39, 0.29) is 5.69 Å². The summed E-state index contributed by atoms with van der Waals surface area (Å²) < 4.78 is 7.42. The summed E-state index contributed by atoms with van der Waals surface area (Å²) in [4.78, 5) is 12.2. The molecule has 0 saturated carbocycles. The number of para-hydroxylation sites is 1. The van der Waals surface area contributed by atoms with E-state index in [1.807, 2.05) is 42.5 Å². The second-order valence-corrected chi connectivity index (χ2v) is 6.96. The Kier molecular flexibility index (Phi) is 5.19. The summed E-state index contributed by atoms with van der Waals surface area (Å²) in [6.45, 7) is 0. The molecule has 7 heteroatoms. The van der Waals surface area contributed by atoms with Gasteiger partial charge in [-0.3, -0.25) is 0 Å². The van der Waals surface area contributed by atoms with E-state index in [9.17, 15) is 4.79 Å². The maximum atomic E-state index is 12.2. The Labute approximate surface area is 171 Å². The van der Waals surface area contributed by atoms with E-state index in [1.165, 1.54) is 0 Å². The molecule has 0 atom stereocenters. The number of ether oxygens (including phenoxy) is 1. The average Bonchev–Trinajstić information content (AvgIpc) is 3.05. The first-order valence-corrected chi connectivity index (χ1v) is 9.29. The molecule has 0 amide bonds. The van der Waals surface area contributed by atoms with E-state index in [0.29, 0.717) is 33.8 Å². The van der Waals surface area contributed by atoms with Gasteiger partial charge in [0.25, 0.3) is 0 Å². The predicted octanol–water partition coefficient (Wildman–Crippen LogP) is 5.25. The van der Waals surface area contributed by atoms with Crippen LogP contribution in [0.25, 0.3) is 5.69 Å². The highest BCUT2D eigenvalue weighted by Gasteiger charge is 2.13. The third kappa shape index (κ3) is 3.96. The maximum Gasteiger partial charge on any atom is 0.347 e. The summed E-state index contributed by atoms with van der Waals surface area (Å²) in [6, 6.07) is 21.9. The second kappa shape index (κ2) is 7.92. The molecule has 3 aromatic carbocycles. The van der Waals surface area contributed by atoms with Crippen LogP contribution in [0.4, 0.5) is 0 Å². The predicted molar refractivity (Wildman–Crippen MR) is 110 cm³/mol. The normalized spacial score (nSPS) is 10.8. The summed E-state index contributed by atoms with van der Waals surface area (Å²) >= 11 is 12.3. The van der Waals surface area contributed by atoms with Gasteiger partial charge in [-0.05, 0) is 48.0 Å². The minimum absolute atomic E-state index is 0.287. The van der Waals surface area contributed by atoms with Crippen LogP contribution >= 0.6 is 23.2 Å². The number of H-pyrrole nitrogens is 1. The lowest BCUT2D eigenvalue weighted by atomic mass is 10.1. The van der Waals surface area contributed by atoms with E-state index in [1.54, 1.807) is 34.9 Å². The molecule has 28 heavy (non-hydrogen) atoms. The molecular formula is C21H15Cl2N3O2. The molecule has 0 unspecified atom stereocenters. The Morgan fingerprint density at radius 3 is 2.57 bits per heavy atom. The van der Waals surface area contributed by atoms with Crippen LogP contribution in [0.1, 0.15) is 11.4 Å². The summed E-state index contributed by atoms with van der Waals surface area (Å²) in [5, 5.41) is 7.74. The molecule has 0 aliphatic rings. The molecule has 0 saturated heterocycles. The molecule has 0 aliphatic heterocycles. The second-order valence-electron chi connectivity index (χ2n) is 6.12. The Hall–Kier alpha value is -3.02. The number of aromatic amines is 1. The summed E-state index contributed by atoms with van der Waals surface area (Å²) in [5.74, 6) is 1.69. The molecule has 4 rings (SSSR count). The number of rotatable bonds is 5. The lowest BCUT2D eigenvalue weighted by Gasteiger charge is -2.10. The van der Waals surface area contributed by atoms with Crippen molar-refractivity contribution >= 4 is 23.2 Å². The molecule has 0 radical (unpaired) electrons. The van der Waals surface area contributed by atoms with Gasteiger partial charge in [0.15, 0.2) is 0 Å². The first-order valence-electron chi connectivity index (χ1n) is 8.54. The lowest BCUT2D eigenvalue weighted by Crippen LogP contribution is -2.17. The van der Waals surface area contributed by atoms with Crippen molar-refractivity contribution < 1.29 is 4.74 Å². The highest BCUT2D eigenvalue weighted by molar-refractivity contribution is 6.32.